The number of halogens is 1. The first-order valence-corrected chi connectivity index (χ1v) is 16.0. The fourth-order valence-electron chi connectivity index (χ4n) is 7.43. The van der Waals surface area contributed by atoms with E-state index >= 15 is 0 Å². The zero-order valence-corrected chi connectivity index (χ0v) is 26.7. The lowest BCUT2D eigenvalue weighted by Crippen LogP contribution is -2.59. The van der Waals surface area contributed by atoms with Crippen LogP contribution in [0.15, 0.2) is 79.9 Å². The minimum atomic E-state index is -1.28. The van der Waals surface area contributed by atoms with Crippen LogP contribution >= 0.6 is 15.9 Å². The Balaban J connectivity index is 1.43. The number of ether oxygens (including phenoxy) is 1. The summed E-state index contributed by atoms with van der Waals surface area (Å²) in [5, 5.41) is 19.3. The summed E-state index contributed by atoms with van der Waals surface area (Å²) in [4.78, 5) is 47.8. The summed E-state index contributed by atoms with van der Waals surface area (Å²) in [6.07, 6.45) is 3.34. The molecule has 0 aliphatic carbocycles. The molecule has 4 heterocycles. The molecule has 12 heteroatoms. The summed E-state index contributed by atoms with van der Waals surface area (Å²) in [6.45, 7) is 7.79. The monoisotopic (exact) mass is 676 g/mol. The van der Waals surface area contributed by atoms with E-state index < -0.39 is 35.6 Å². The molecule has 3 unspecified atom stereocenters. The smallest absolute Gasteiger partial charge is 0.250 e. The Kier molecular flexibility index (Phi) is 8.64. The van der Waals surface area contributed by atoms with Crippen molar-refractivity contribution in [1.82, 2.24) is 29.7 Å². The van der Waals surface area contributed by atoms with Gasteiger partial charge in [-0.3, -0.25) is 14.4 Å². The van der Waals surface area contributed by atoms with Gasteiger partial charge in [0, 0.05) is 25.0 Å². The summed E-state index contributed by atoms with van der Waals surface area (Å²) in [5.41, 5.74) is 1.06. The molecule has 236 valence electrons. The van der Waals surface area contributed by atoms with Gasteiger partial charge in [-0.2, -0.15) is 0 Å². The minimum Gasteiger partial charge on any atom is -0.394 e. The number of amides is 3. The van der Waals surface area contributed by atoms with E-state index in [9.17, 15) is 19.5 Å². The van der Waals surface area contributed by atoms with Gasteiger partial charge >= 0.3 is 0 Å². The second kappa shape index (κ2) is 12.5. The molecule has 45 heavy (non-hydrogen) atoms. The molecule has 6 rings (SSSR count). The van der Waals surface area contributed by atoms with Crippen LogP contribution in [-0.2, 0) is 32.2 Å². The first kappa shape index (κ1) is 31.1. The molecule has 0 radical (unpaired) electrons. The first-order valence-electron chi connectivity index (χ1n) is 15.1. The number of alkyl halides is 1. The predicted octanol–water partition coefficient (Wildman–Crippen LogP) is 2.40. The van der Waals surface area contributed by atoms with Crippen molar-refractivity contribution in [2.24, 2.45) is 11.8 Å². The van der Waals surface area contributed by atoms with E-state index in [0.717, 1.165) is 11.1 Å². The van der Waals surface area contributed by atoms with Crippen LogP contribution in [0, 0.1) is 11.8 Å². The van der Waals surface area contributed by atoms with Gasteiger partial charge < -0.3 is 24.5 Å². The maximum Gasteiger partial charge on any atom is 0.250 e. The summed E-state index contributed by atoms with van der Waals surface area (Å²) in [7, 11) is 1.67. The van der Waals surface area contributed by atoms with E-state index in [0.29, 0.717) is 24.9 Å². The van der Waals surface area contributed by atoms with E-state index in [1.807, 2.05) is 54.6 Å². The molecule has 0 saturated carbocycles. The van der Waals surface area contributed by atoms with Gasteiger partial charge in [0.15, 0.2) is 0 Å². The summed E-state index contributed by atoms with van der Waals surface area (Å²) < 4.78 is 8.34. The first-order chi connectivity index (χ1) is 21.7. The molecule has 3 aliphatic rings. The van der Waals surface area contributed by atoms with E-state index in [-0.39, 0.29) is 42.4 Å². The largest absolute Gasteiger partial charge is 0.394 e. The zero-order chi connectivity index (χ0) is 31.9. The highest BCUT2D eigenvalue weighted by Gasteiger charge is 2.77. The highest BCUT2D eigenvalue weighted by Crippen LogP contribution is 2.60. The average Bonchev–Trinajstić information content (AvgIpc) is 3.77. The number of hydrogen-bond donors (Lipinski definition) is 1. The molecule has 3 aromatic rings. The van der Waals surface area contributed by atoms with Crippen LogP contribution in [0.5, 0.6) is 0 Å². The van der Waals surface area contributed by atoms with Crippen LogP contribution < -0.4 is 0 Å². The third kappa shape index (κ3) is 5.18. The van der Waals surface area contributed by atoms with E-state index in [1.54, 1.807) is 28.8 Å². The summed E-state index contributed by atoms with van der Waals surface area (Å²) >= 11 is 3.73. The van der Waals surface area contributed by atoms with Gasteiger partial charge in [0.1, 0.15) is 23.8 Å². The van der Waals surface area contributed by atoms with Crippen LogP contribution in [0.25, 0.3) is 11.0 Å². The molecular weight excluding hydrogens is 640 g/mol. The van der Waals surface area contributed by atoms with Crippen molar-refractivity contribution < 1.29 is 24.2 Å². The second-order valence-electron chi connectivity index (χ2n) is 12.0. The molecule has 3 aliphatic heterocycles. The number of aliphatic hydroxyl groups is 1. The van der Waals surface area contributed by atoms with Crippen LogP contribution in [0.3, 0.4) is 0 Å². The van der Waals surface area contributed by atoms with Crippen molar-refractivity contribution in [1.29, 1.82) is 0 Å². The van der Waals surface area contributed by atoms with Crippen molar-refractivity contribution in [3.8, 4) is 0 Å². The van der Waals surface area contributed by atoms with E-state index in [2.05, 4.69) is 39.4 Å². The molecule has 11 nitrogen and oxygen atoms in total. The number of rotatable bonds is 12. The lowest BCUT2D eigenvalue weighted by atomic mass is 9.70. The lowest BCUT2D eigenvalue weighted by molar-refractivity contribution is -0.152. The molecule has 3 amide bonds. The third-order valence-electron chi connectivity index (χ3n) is 9.33. The Morgan fingerprint density at radius 2 is 1.84 bits per heavy atom. The number of aromatic nitrogens is 3. The Hall–Kier alpha value is -3.87. The Labute approximate surface area is 270 Å². The van der Waals surface area contributed by atoms with Crippen molar-refractivity contribution in [3.63, 3.8) is 0 Å². The number of aliphatic hydroxyl groups excluding tert-OH is 1. The van der Waals surface area contributed by atoms with Gasteiger partial charge in [0.2, 0.25) is 17.7 Å². The van der Waals surface area contributed by atoms with Gasteiger partial charge in [0.25, 0.3) is 0 Å². The van der Waals surface area contributed by atoms with Crippen LogP contribution in [0.2, 0.25) is 0 Å². The van der Waals surface area contributed by atoms with Crippen molar-refractivity contribution in [3.05, 3.63) is 85.5 Å². The second-order valence-corrected chi connectivity index (χ2v) is 13.2. The number of carbonyl (C=O) groups excluding carboxylic acids is 3. The molecule has 3 saturated heterocycles. The fraction of sp³-hybridized carbons (Fsp3) is 0.424. The Bertz CT molecular complexity index is 1620. The molecule has 7 atom stereocenters. The maximum absolute atomic E-state index is 14.9. The van der Waals surface area contributed by atoms with Crippen LogP contribution in [0.4, 0.5) is 0 Å². The Morgan fingerprint density at radius 3 is 2.56 bits per heavy atom. The van der Waals surface area contributed by atoms with Crippen molar-refractivity contribution in [2.45, 2.75) is 48.1 Å². The lowest BCUT2D eigenvalue weighted by Gasteiger charge is -2.39. The average molecular weight is 678 g/mol. The van der Waals surface area contributed by atoms with Crippen LogP contribution in [0.1, 0.15) is 12.0 Å². The number of likely N-dealkylation sites (tertiary alicyclic amines) is 1. The number of carbonyl (C=O) groups is 3. The number of para-hydroxylation sites is 1. The minimum absolute atomic E-state index is 0.0543. The number of fused-ring (bicyclic) bond motifs is 2. The highest BCUT2D eigenvalue weighted by molar-refractivity contribution is 9.09. The van der Waals surface area contributed by atoms with E-state index in [4.69, 9.17) is 4.74 Å². The molecule has 1 aromatic heterocycles. The van der Waals surface area contributed by atoms with Gasteiger partial charge in [-0.15, -0.1) is 18.3 Å². The van der Waals surface area contributed by atoms with Crippen molar-refractivity contribution in [2.75, 3.05) is 26.7 Å². The van der Waals surface area contributed by atoms with Gasteiger partial charge in [-0.25, -0.2) is 4.68 Å². The van der Waals surface area contributed by atoms with Gasteiger partial charge in [-0.05, 0) is 30.5 Å². The number of benzene rings is 2. The predicted molar refractivity (Wildman–Crippen MR) is 171 cm³/mol. The topological polar surface area (TPSA) is 121 Å². The van der Waals surface area contributed by atoms with Crippen LogP contribution in [-0.4, -0.2) is 108 Å². The molecular formula is C33H37BrN6O5. The molecule has 1 spiro atoms. The molecule has 3 fully saturated rings. The van der Waals surface area contributed by atoms with Gasteiger partial charge in [0.05, 0.1) is 36.1 Å². The fourth-order valence-corrected chi connectivity index (χ4v) is 8.37. The van der Waals surface area contributed by atoms with E-state index in [1.165, 1.54) is 9.80 Å². The standard InChI is InChI=1S/C33H37BrN6O5/c1-4-15-37(3)30(42)26-27-31(43)40(22(19-41)17-21-11-7-6-8-12-21)29(33(27)18-23(34)28(26)45-33)32(44)38(16-5-2)20-39-25-14-10-9-13-24(25)35-36-39/h4-14,22-23,26-29,41H,1-2,15-20H2,3H3/t22-,23?,26+,27+,28+,29?,33?/m1/s1. The molecule has 2 aromatic carbocycles. The number of nitrogens with zero attached hydrogens (tertiary/aromatic N) is 6. The normalized spacial score (nSPS) is 27.4. The van der Waals surface area contributed by atoms with Gasteiger partial charge in [-0.1, -0.05) is 75.8 Å². The maximum atomic E-state index is 14.9. The number of likely N-dealkylation sites (N-methyl/N-ethyl adjacent to an activating group) is 1. The summed E-state index contributed by atoms with van der Waals surface area (Å²) in [5.74, 6) is -2.67. The third-order valence-corrected chi connectivity index (χ3v) is 10.2. The highest BCUT2D eigenvalue weighted by atomic mass is 79.9. The molecule has 1 N–H and O–H groups in total. The Morgan fingerprint density at radius 1 is 1.13 bits per heavy atom. The number of hydrogen-bond acceptors (Lipinski definition) is 7. The van der Waals surface area contributed by atoms with Crippen molar-refractivity contribution >= 4 is 44.7 Å². The zero-order valence-electron chi connectivity index (χ0n) is 25.1. The quantitative estimate of drug-likeness (QED) is 0.231. The SMILES string of the molecule is C=CCN(C)C(=O)[C@H]1[C@H]2C(=O)N([C@@H](CO)Cc3ccccc3)C(C(=O)N(CC=C)Cn3nnc4ccccc43)C23CC(Br)[C@@H]1O3. The molecule has 2 bridgehead atoms. The summed E-state index contributed by atoms with van der Waals surface area (Å²) in [6, 6.07) is 15.2.